The number of carboxylic acid groups (broad SMARTS) is 1. The lowest BCUT2D eigenvalue weighted by atomic mass is 10.1. The molecule has 1 aliphatic rings. The highest BCUT2D eigenvalue weighted by atomic mass is 32.2. The molecule has 166 valence electrons. The Hall–Kier alpha value is -3.66. The largest absolute Gasteiger partial charge is 0.478 e. The Bertz CT molecular complexity index is 1210. The number of aromatic carboxylic acids is 1. The Kier molecular flexibility index (Phi) is 5.95. The zero-order valence-corrected chi connectivity index (χ0v) is 17.8. The van der Waals surface area contributed by atoms with Crippen LogP contribution in [-0.2, 0) is 10.0 Å². The van der Waals surface area contributed by atoms with Crippen LogP contribution in [0.4, 0.5) is 21.6 Å². The highest BCUT2D eigenvalue weighted by molar-refractivity contribution is 7.92. The van der Waals surface area contributed by atoms with Gasteiger partial charge in [-0.2, -0.15) is 0 Å². The molecule has 0 saturated carbocycles. The molecule has 0 amide bonds. The van der Waals surface area contributed by atoms with Crippen molar-refractivity contribution in [3.63, 3.8) is 0 Å². The second-order valence-corrected chi connectivity index (χ2v) is 8.94. The van der Waals surface area contributed by atoms with E-state index in [-0.39, 0.29) is 16.1 Å². The van der Waals surface area contributed by atoms with Gasteiger partial charge in [0.25, 0.3) is 10.0 Å². The van der Waals surface area contributed by atoms with Crippen molar-refractivity contribution in [3.05, 3.63) is 78.2 Å². The smallest absolute Gasteiger partial charge is 0.335 e. The van der Waals surface area contributed by atoms with Gasteiger partial charge in [0.05, 0.1) is 21.8 Å². The number of carboxylic acids is 1. The van der Waals surface area contributed by atoms with Crippen LogP contribution in [0.5, 0.6) is 0 Å². The van der Waals surface area contributed by atoms with E-state index in [1.54, 1.807) is 12.3 Å². The van der Waals surface area contributed by atoms with Crippen LogP contribution in [0.25, 0.3) is 0 Å². The zero-order valence-electron chi connectivity index (χ0n) is 17.0. The minimum absolute atomic E-state index is 0.0438. The van der Waals surface area contributed by atoms with Gasteiger partial charge in [-0.1, -0.05) is 6.07 Å². The van der Waals surface area contributed by atoms with Gasteiger partial charge >= 0.3 is 5.97 Å². The number of nitrogens with one attached hydrogen (secondary N) is 1. The molecule has 32 heavy (non-hydrogen) atoms. The fourth-order valence-corrected chi connectivity index (χ4v) is 4.63. The van der Waals surface area contributed by atoms with E-state index >= 15 is 0 Å². The molecule has 2 aromatic carbocycles. The molecule has 1 saturated heterocycles. The minimum atomic E-state index is -4.04. The van der Waals surface area contributed by atoms with E-state index in [0.717, 1.165) is 30.1 Å². The monoisotopic (exact) mass is 456 g/mol. The summed E-state index contributed by atoms with van der Waals surface area (Å²) in [4.78, 5) is 19.8. The average Bonchev–Trinajstić information content (AvgIpc) is 2.80. The van der Waals surface area contributed by atoms with E-state index in [2.05, 4.69) is 14.6 Å². The maximum atomic E-state index is 13.2. The number of carbonyl (C=O) groups is 1. The lowest BCUT2D eigenvalue weighted by molar-refractivity contribution is 0.0697. The van der Waals surface area contributed by atoms with Crippen LogP contribution in [0.3, 0.4) is 0 Å². The molecular formula is C22H21FN4O4S. The van der Waals surface area contributed by atoms with E-state index in [4.69, 9.17) is 0 Å². The third-order valence-electron chi connectivity index (χ3n) is 5.21. The molecule has 0 bridgehead atoms. The normalized spacial score (nSPS) is 14.3. The van der Waals surface area contributed by atoms with Gasteiger partial charge in [-0.3, -0.25) is 4.72 Å². The lowest BCUT2D eigenvalue weighted by Crippen LogP contribution is -2.47. The van der Waals surface area contributed by atoms with E-state index < -0.39 is 21.8 Å². The molecule has 3 aromatic rings. The number of hydrogen-bond donors (Lipinski definition) is 2. The molecule has 0 unspecified atom stereocenters. The Balaban J connectivity index is 1.60. The van der Waals surface area contributed by atoms with Gasteiger partial charge < -0.3 is 14.9 Å². The number of nitrogens with zero attached hydrogens (tertiary/aromatic N) is 3. The highest BCUT2D eigenvalue weighted by Crippen LogP contribution is 2.31. The number of sulfonamides is 1. The van der Waals surface area contributed by atoms with Gasteiger partial charge in [-0.15, -0.1) is 0 Å². The number of piperazine rings is 1. The summed E-state index contributed by atoms with van der Waals surface area (Å²) in [7, 11) is -4.04. The van der Waals surface area contributed by atoms with E-state index in [1.807, 2.05) is 23.1 Å². The second kappa shape index (κ2) is 8.83. The predicted molar refractivity (Wildman–Crippen MR) is 119 cm³/mol. The van der Waals surface area contributed by atoms with Crippen LogP contribution in [0, 0.1) is 5.82 Å². The van der Waals surface area contributed by atoms with Crippen molar-refractivity contribution in [3.8, 4) is 0 Å². The van der Waals surface area contributed by atoms with Gasteiger partial charge in [0.2, 0.25) is 0 Å². The summed E-state index contributed by atoms with van der Waals surface area (Å²) in [5.74, 6) is -0.854. The van der Waals surface area contributed by atoms with Crippen LogP contribution in [-0.4, -0.2) is 50.7 Å². The van der Waals surface area contributed by atoms with Crippen LogP contribution >= 0.6 is 0 Å². The quantitative estimate of drug-likeness (QED) is 0.588. The van der Waals surface area contributed by atoms with Crippen molar-refractivity contribution in [2.75, 3.05) is 40.7 Å². The van der Waals surface area contributed by atoms with Crippen LogP contribution in [0.2, 0.25) is 0 Å². The topological polar surface area (TPSA) is 103 Å². The number of pyridine rings is 1. The maximum absolute atomic E-state index is 13.2. The first-order valence-electron chi connectivity index (χ1n) is 9.90. The van der Waals surface area contributed by atoms with Gasteiger partial charge in [0.1, 0.15) is 11.6 Å². The van der Waals surface area contributed by atoms with E-state index in [1.165, 1.54) is 12.1 Å². The Labute approximate surface area is 185 Å². The summed E-state index contributed by atoms with van der Waals surface area (Å²) < 4.78 is 41.4. The summed E-state index contributed by atoms with van der Waals surface area (Å²) in [6.07, 6.45) is 1.73. The number of halogens is 1. The molecule has 0 spiro atoms. The molecule has 0 radical (unpaired) electrons. The van der Waals surface area contributed by atoms with Gasteiger partial charge in [-0.05, 0) is 54.6 Å². The predicted octanol–water partition coefficient (Wildman–Crippen LogP) is 3.05. The minimum Gasteiger partial charge on any atom is -0.478 e. The number of hydrogen-bond acceptors (Lipinski definition) is 6. The molecule has 1 aromatic heterocycles. The Morgan fingerprint density at radius 2 is 1.66 bits per heavy atom. The summed E-state index contributed by atoms with van der Waals surface area (Å²) in [5.41, 5.74) is 0.680. The molecule has 8 nitrogen and oxygen atoms in total. The van der Waals surface area contributed by atoms with Gasteiger partial charge in [0, 0.05) is 32.4 Å². The van der Waals surface area contributed by atoms with E-state index in [0.29, 0.717) is 31.9 Å². The Morgan fingerprint density at radius 3 is 2.28 bits per heavy atom. The van der Waals surface area contributed by atoms with Crippen LogP contribution in [0.1, 0.15) is 10.4 Å². The maximum Gasteiger partial charge on any atom is 0.335 e. The standard InChI is InChI=1S/C22H21FN4O4S/c23-17-5-7-18(8-6-17)32(30,31)25-19-15-16(22(28)29)4-9-20(19)26-11-13-27(14-12-26)21-3-1-2-10-24-21/h1-10,15,25H,11-14H2,(H,28,29). The van der Waals surface area contributed by atoms with E-state index in [9.17, 15) is 22.7 Å². The van der Waals surface area contributed by atoms with Crippen LogP contribution < -0.4 is 14.5 Å². The van der Waals surface area contributed by atoms with Gasteiger partial charge in [0.15, 0.2) is 0 Å². The molecular weight excluding hydrogens is 435 g/mol. The number of rotatable bonds is 6. The number of anilines is 3. The third kappa shape index (κ3) is 4.65. The van der Waals surface area contributed by atoms with Crippen molar-refractivity contribution in [2.45, 2.75) is 4.90 Å². The van der Waals surface area contributed by atoms with Gasteiger partial charge in [-0.25, -0.2) is 22.6 Å². The summed E-state index contributed by atoms with van der Waals surface area (Å²) in [5, 5.41) is 9.37. The molecule has 2 heterocycles. The molecule has 10 heteroatoms. The fraction of sp³-hybridized carbons (Fsp3) is 0.182. The highest BCUT2D eigenvalue weighted by Gasteiger charge is 2.23. The van der Waals surface area contributed by atoms with Crippen molar-refractivity contribution in [1.29, 1.82) is 0 Å². The molecule has 0 atom stereocenters. The molecule has 1 fully saturated rings. The third-order valence-corrected chi connectivity index (χ3v) is 6.59. The molecule has 0 aliphatic carbocycles. The zero-order chi connectivity index (χ0) is 22.7. The molecule has 4 rings (SSSR count). The second-order valence-electron chi connectivity index (χ2n) is 7.26. The average molecular weight is 456 g/mol. The first-order chi connectivity index (χ1) is 15.3. The first kappa shape index (κ1) is 21.6. The SMILES string of the molecule is O=C(O)c1ccc(N2CCN(c3ccccn3)CC2)c(NS(=O)(=O)c2ccc(F)cc2)c1. The van der Waals surface area contributed by atoms with Crippen molar-refractivity contribution in [2.24, 2.45) is 0 Å². The van der Waals surface area contributed by atoms with Crippen molar-refractivity contribution < 1.29 is 22.7 Å². The summed E-state index contributed by atoms with van der Waals surface area (Å²) in [6, 6.07) is 14.5. The van der Waals surface area contributed by atoms with Crippen LogP contribution in [0.15, 0.2) is 71.8 Å². The summed E-state index contributed by atoms with van der Waals surface area (Å²) in [6.45, 7) is 2.52. The lowest BCUT2D eigenvalue weighted by Gasteiger charge is -2.37. The Morgan fingerprint density at radius 1 is 0.969 bits per heavy atom. The number of benzene rings is 2. The molecule has 2 N–H and O–H groups in total. The van der Waals surface area contributed by atoms with Crippen molar-refractivity contribution >= 4 is 33.2 Å². The molecule has 1 aliphatic heterocycles. The first-order valence-corrected chi connectivity index (χ1v) is 11.4. The van der Waals surface area contributed by atoms with Crippen molar-refractivity contribution in [1.82, 2.24) is 4.98 Å². The fourth-order valence-electron chi connectivity index (χ4n) is 3.56. The number of aromatic nitrogens is 1. The summed E-state index contributed by atoms with van der Waals surface area (Å²) >= 11 is 0.